The van der Waals surface area contributed by atoms with Crippen molar-refractivity contribution in [3.63, 3.8) is 0 Å². The zero-order valence-electron chi connectivity index (χ0n) is 16.5. The molecular formula is C22H24F3N3O. The van der Waals surface area contributed by atoms with Gasteiger partial charge < -0.3 is 10.5 Å². The van der Waals surface area contributed by atoms with E-state index in [0.717, 1.165) is 36.1 Å². The van der Waals surface area contributed by atoms with Gasteiger partial charge in [0.1, 0.15) is 5.75 Å². The van der Waals surface area contributed by atoms with Crippen LogP contribution in [-0.4, -0.2) is 15.3 Å². The highest BCUT2D eigenvalue weighted by Crippen LogP contribution is 2.41. The van der Waals surface area contributed by atoms with Gasteiger partial charge in [-0.05, 0) is 62.1 Å². The average Bonchev–Trinajstić information content (AvgIpc) is 3.29. The van der Waals surface area contributed by atoms with Gasteiger partial charge in [-0.2, -0.15) is 18.3 Å². The summed E-state index contributed by atoms with van der Waals surface area (Å²) in [5.41, 5.74) is 7.93. The molecule has 1 heterocycles. The Morgan fingerprint density at radius 2 is 1.97 bits per heavy atom. The van der Waals surface area contributed by atoms with Gasteiger partial charge in [0.05, 0.1) is 11.3 Å². The average molecular weight is 403 g/mol. The van der Waals surface area contributed by atoms with E-state index in [0.29, 0.717) is 23.9 Å². The molecule has 0 amide bonds. The summed E-state index contributed by atoms with van der Waals surface area (Å²) in [5.74, 6) is 0.769. The van der Waals surface area contributed by atoms with Gasteiger partial charge in [-0.15, -0.1) is 0 Å². The number of nitrogens with zero attached hydrogens (tertiary/aromatic N) is 2. The van der Waals surface area contributed by atoms with Crippen LogP contribution in [0.5, 0.6) is 11.6 Å². The summed E-state index contributed by atoms with van der Waals surface area (Å²) in [5, 5.41) is 4.55. The summed E-state index contributed by atoms with van der Waals surface area (Å²) in [6, 6.07) is 6.37. The van der Waals surface area contributed by atoms with Gasteiger partial charge in [0.2, 0.25) is 5.88 Å². The smallest absolute Gasteiger partial charge is 0.416 e. The molecular weight excluding hydrogens is 379 g/mol. The molecule has 1 saturated carbocycles. The third-order valence-electron chi connectivity index (χ3n) is 4.88. The number of nitrogens with two attached hydrogens (primary N) is 1. The highest BCUT2D eigenvalue weighted by molar-refractivity contribution is 5.66. The summed E-state index contributed by atoms with van der Waals surface area (Å²) in [6.07, 6.45) is 3.11. The van der Waals surface area contributed by atoms with Crippen LogP contribution in [0.3, 0.4) is 0 Å². The number of benzene rings is 1. The highest BCUT2D eigenvalue weighted by atomic mass is 19.4. The normalized spacial score (nSPS) is 16.6. The third-order valence-corrected chi connectivity index (χ3v) is 4.88. The number of alkyl halides is 3. The number of allylic oxidation sites excluding steroid dienone is 3. The maximum absolute atomic E-state index is 12.7. The summed E-state index contributed by atoms with van der Waals surface area (Å²) in [4.78, 5) is 0. The fourth-order valence-electron chi connectivity index (χ4n) is 2.95. The molecule has 0 unspecified atom stereocenters. The Labute approximate surface area is 168 Å². The summed E-state index contributed by atoms with van der Waals surface area (Å²) < 4.78 is 45.6. The van der Waals surface area contributed by atoms with Crippen LogP contribution in [0.4, 0.5) is 13.2 Å². The van der Waals surface area contributed by atoms with Gasteiger partial charge in [0.15, 0.2) is 0 Å². The Kier molecular flexibility index (Phi) is 5.71. The van der Waals surface area contributed by atoms with Crippen molar-refractivity contribution in [1.82, 2.24) is 9.78 Å². The molecule has 1 fully saturated rings. The molecule has 0 aliphatic heterocycles. The molecule has 0 spiro atoms. The van der Waals surface area contributed by atoms with Crippen LogP contribution in [0.1, 0.15) is 37.9 Å². The quantitative estimate of drug-likeness (QED) is 0.602. The van der Waals surface area contributed by atoms with Crippen molar-refractivity contribution >= 4 is 5.57 Å². The van der Waals surface area contributed by atoms with Crippen molar-refractivity contribution in [2.75, 3.05) is 0 Å². The van der Waals surface area contributed by atoms with Crippen LogP contribution < -0.4 is 10.5 Å². The minimum absolute atomic E-state index is 0.303. The number of hydrogen-bond donors (Lipinski definition) is 1. The van der Waals surface area contributed by atoms with Gasteiger partial charge >= 0.3 is 6.18 Å². The molecule has 1 aromatic heterocycles. The van der Waals surface area contributed by atoms with E-state index >= 15 is 0 Å². The van der Waals surface area contributed by atoms with Crippen molar-refractivity contribution in [3.8, 4) is 11.6 Å². The summed E-state index contributed by atoms with van der Waals surface area (Å²) in [6.45, 7) is 8.16. The lowest BCUT2D eigenvalue weighted by atomic mass is 10.0. The molecule has 0 atom stereocenters. The summed E-state index contributed by atoms with van der Waals surface area (Å²) in [7, 11) is 0. The minimum atomic E-state index is -4.38. The molecule has 1 aromatic carbocycles. The van der Waals surface area contributed by atoms with Gasteiger partial charge in [-0.25, -0.2) is 4.68 Å². The SMILES string of the molecule is C=C/C=C(\C=C(/C)c1cc(Oc2ccc(C(F)(F)F)cc2)n(CC)n1)C1(N)CC1. The standard InChI is InChI=1S/C22H24F3N3O/c1-4-6-17(21(26)11-12-21)13-15(3)19-14-20(28(5-2)27-19)29-18-9-7-16(8-10-18)22(23,24)25/h4,6-10,13-14H,1,5,11-12,26H2,2-3H3/b15-13+,17-6+. The maximum atomic E-state index is 12.7. The monoisotopic (exact) mass is 403 g/mol. The molecule has 0 radical (unpaired) electrons. The molecule has 1 aliphatic rings. The second-order valence-electron chi connectivity index (χ2n) is 7.15. The molecule has 154 valence electrons. The van der Waals surface area contributed by atoms with E-state index < -0.39 is 11.7 Å². The topological polar surface area (TPSA) is 53.1 Å². The number of hydrogen-bond acceptors (Lipinski definition) is 3. The number of rotatable bonds is 7. The van der Waals surface area contributed by atoms with Crippen LogP contribution in [0.15, 0.2) is 60.7 Å². The Balaban J connectivity index is 1.84. The van der Waals surface area contributed by atoms with E-state index in [1.807, 2.05) is 26.0 Å². The van der Waals surface area contributed by atoms with Gasteiger partial charge in [0, 0.05) is 18.2 Å². The molecule has 2 aromatic rings. The lowest BCUT2D eigenvalue weighted by Crippen LogP contribution is -2.23. The van der Waals surface area contributed by atoms with Crippen LogP contribution in [0, 0.1) is 0 Å². The zero-order chi connectivity index (χ0) is 21.2. The second kappa shape index (κ2) is 7.91. The lowest BCUT2D eigenvalue weighted by Gasteiger charge is -2.10. The molecule has 7 heteroatoms. The minimum Gasteiger partial charge on any atom is -0.439 e. The van der Waals surface area contributed by atoms with Crippen molar-refractivity contribution in [2.45, 2.75) is 44.9 Å². The number of ether oxygens (including phenoxy) is 1. The third kappa shape index (κ3) is 4.79. The van der Waals surface area contributed by atoms with E-state index in [9.17, 15) is 13.2 Å². The van der Waals surface area contributed by atoms with Crippen LogP contribution in [-0.2, 0) is 12.7 Å². The summed E-state index contributed by atoms with van der Waals surface area (Å²) >= 11 is 0. The molecule has 1 aliphatic carbocycles. The van der Waals surface area contributed by atoms with Crippen molar-refractivity contribution in [2.24, 2.45) is 5.73 Å². The van der Waals surface area contributed by atoms with Crippen LogP contribution in [0.25, 0.3) is 5.57 Å². The molecule has 2 N–H and O–H groups in total. The van der Waals surface area contributed by atoms with Crippen molar-refractivity contribution in [1.29, 1.82) is 0 Å². The van der Waals surface area contributed by atoms with Crippen molar-refractivity contribution < 1.29 is 17.9 Å². The Morgan fingerprint density at radius 3 is 2.48 bits per heavy atom. The lowest BCUT2D eigenvalue weighted by molar-refractivity contribution is -0.137. The molecule has 3 rings (SSSR count). The molecule has 0 saturated heterocycles. The van der Waals surface area contributed by atoms with Gasteiger partial charge in [-0.1, -0.05) is 24.8 Å². The first-order valence-electron chi connectivity index (χ1n) is 9.40. The predicted molar refractivity (Wildman–Crippen MR) is 108 cm³/mol. The van der Waals surface area contributed by atoms with E-state index in [4.69, 9.17) is 10.5 Å². The van der Waals surface area contributed by atoms with E-state index in [1.165, 1.54) is 12.1 Å². The number of aryl methyl sites for hydroxylation is 1. The first-order valence-corrected chi connectivity index (χ1v) is 9.40. The Morgan fingerprint density at radius 1 is 1.31 bits per heavy atom. The Hall–Kier alpha value is -2.80. The van der Waals surface area contributed by atoms with E-state index in [1.54, 1.807) is 16.8 Å². The fraction of sp³-hybridized carbons (Fsp3) is 0.318. The fourth-order valence-corrected chi connectivity index (χ4v) is 2.95. The molecule has 29 heavy (non-hydrogen) atoms. The highest BCUT2D eigenvalue weighted by Gasteiger charge is 2.40. The molecule has 4 nitrogen and oxygen atoms in total. The first-order chi connectivity index (χ1) is 13.7. The van der Waals surface area contributed by atoms with Gasteiger partial charge in [0.25, 0.3) is 0 Å². The Bertz CT molecular complexity index is 949. The van der Waals surface area contributed by atoms with E-state index in [2.05, 4.69) is 11.7 Å². The van der Waals surface area contributed by atoms with Crippen molar-refractivity contribution in [3.05, 3.63) is 72.0 Å². The zero-order valence-corrected chi connectivity index (χ0v) is 16.5. The molecule has 0 bridgehead atoms. The number of aromatic nitrogens is 2. The first kappa shape index (κ1) is 20.9. The second-order valence-corrected chi connectivity index (χ2v) is 7.15. The number of halogens is 3. The van der Waals surface area contributed by atoms with Crippen LogP contribution in [0.2, 0.25) is 0 Å². The predicted octanol–water partition coefficient (Wildman–Crippen LogP) is 5.72. The van der Waals surface area contributed by atoms with E-state index in [-0.39, 0.29) is 5.54 Å². The van der Waals surface area contributed by atoms with Crippen LogP contribution >= 0.6 is 0 Å². The van der Waals surface area contributed by atoms with Gasteiger partial charge in [-0.3, -0.25) is 0 Å². The largest absolute Gasteiger partial charge is 0.439 e. The maximum Gasteiger partial charge on any atom is 0.416 e.